The number of aryl methyl sites for hydroxylation is 1. The highest BCUT2D eigenvalue weighted by molar-refractivity contribution is 5.67. The molecule has 1 aromatic heterocycles. The number of hydrogen-bond donors (Lipinski definition) is 1. The quantitative estimate of drug-likeness (QED) is 0.806. The van der Waals surface area contributed by atoms with Crippen molar-refractivity contribution in [3.8, 4) is 11.3 Å². The van der Waals surface area contributed by atoms with Crippen molar-refractivity contribution in [2.45, 2.75) is 38.1 Å². The number of benzene rings is 1. The van der Waals surface area contributed by atoms with Crippen LogP contribution in [0.1, 0.15) is 37.8 Å². The van der Waals surface area contributed by atoms with Gasteiger partial charge in [-0.25, -0.2) is 9.18 Å². The molecule has 0 saturated carbocycles. The minimum absolute atomic E-state index is 0.237. The molecule has 5 rings (SSSR count). The summed E-state index contributed by atoms with van der Waals surface area (Å²) in [5.41, 5.74) is 3.03. The van der Waals surface area contributed by atoms with Gasteiger partial charge in [-0.2, -0.15) is 5.10 Å². The SMILES string of the molecule is CCCNC(=O)OC[C@H]1C[C@H]2CCN1C[C@@H]2c1cc(-c2ccc(F)cc2)nn1C. The van der Waals surface area contributed by atoms with E-state index < -0.39 is 0 Å². The molecule has 3 aliphatic heterocycles. The molecule has 4 heterocycles. The van der Waals surface area contributed by atoms with E-state index in [1.54, 1.807) is 12.1 Å². The van der Waals surface area contributed by atoms with E-state index in [-0.39, 0.29) is 11.9 Å². The number of nitrogens with zero attached hydrogens (tertiary/aromatic N) is 3. The fourth-order valence-electron chi connectivity index (χ4n) is 4.69. The van der Waals surface area contributed by atoms with Gasteiger partial charge in [-0.05, 0) is 62.1 Å². The smallest absolute Gasteiger partial charge is 0.407 e. The third kappa shape index (κ3) is 4.29. The summed E-state index contributed by atoms with van der Waals surface area (Å²) >= 11 is 0. The number of carbonyl (C=O) groups excluding carboxylic acids is 1. The van der Waals surface area contributed by atoms with E-state index in [0.717, 1.165) is 43.6 Å². The van der Waals surface area contributed by atoms with Crippen molar-refractivity contribution >= 4 is 6.09 Å². The van der Waals surface area contributed by atoms with Gasteiger partial charge in [0.2, 0.25) is 0 Å². The van der Waals surface area contributed by atoms with Crippen LogP contribution in [-0.2, 0) is 11.8 Å². The Morgan fingerprint density at radius 2 is 2.14 bits per heavy atom. The molecule has 1 aromatic carbocycles. The van der Waals surface area contributed by atoms with Crippen molar-refractivity contribution in [2.75, 3.05) is 26.2 Å². The van der Waals surface area contributed by atoms with Gasteiger partial charge in [0, 0.05) is 43.4 Å². The minimum atomic E-state index is -0.318. The number of nitrogens with one attached hydrogen (secondary N) is 1. The lowest BCUT2D eigenvalue weighted by molar-refractivity contribution is -0.00414. The molecule has 3 fully saturated rings. The molecule has 156 valence electrons. The Bertz CT molecular complexity index is 851. The van der Waals surface area contributed by atoms with Crippen LogP contribution in [-0.4, -0.2) is 53.1 Å². The standard InChI is InChI=1S/C22H29FN4O2/c1-3-9-24-22(28)29-14-18-11-16-8-10-27(18)13-19(16)21-12-20(25-26(21)2)15-4-6-17(23)7-5-15/h4-7,12,16,18-19H,3,8-11,13-14H2,1-2H3,(H,24,28)/t16-,18-,19+/m1/s1. The van der Waals surface area contributed by atoms with E-state index in [9.17, 15) is 9.18 Å². The number of piperidine rings is 3. The van der Waals surface area contributed by atoms with E-state index in [0.29, 0.717) is 31.0 Å². The maximum absolute atomic E-state index is 13.2. The van der Waals surface area contributed by atoms with E-state index >= 15 is 0 Å². The fraction of sp³-hybridized carbons (Fsp3) is 0.545. The highest BCUT2D eigenvalue weighted by atomic mass is 19.1. The molecule has 1 N–H and O–H groups in total. The van der Waals surface area contributed by atoms with Crippen LogP contribution in [0.2, 0.25) is 0 Å². The van der Waals surface area contributed by atoms with Crippen LogP contribution in [0.3, 0.4) is 0 Å². The number of ether oxygens (including phenoxy) is 1. The second-order valence-corrected chi connectivity index (χ2v) is 8.15. The molecule has 2 bridgehead atoms. The number of hydrogen-bond acceptors (Lipinski definition) is 4. The van der Waals surface area contributed by atoms with Gasteiger partial charge in [0.05, 0.1) is 5.69 Å². The fourth-order valence-corrected chi connectivity index (χ4v) is 4.69. The molecular weight excluding hydrogens is 371 g/mol. The van der Waals surface area contributed by atoms with Gasteiger partial charge in [-0.3, -0.25) is 9.58 Å². The lowest BCUT2D eigenvalue weighted by Gasteiger charge is -2.49. The average Bonchev–Trinajstić information content (AvgIpc) is 3.13. The number of rotatable bonds is 6. The van der Waals surface area contributed by atoms with Crippen LogP contribution >= 0.6 is 0 Å². The van der Waals surface area contributed by atoms with Crippen LogP contribution in [0.5, 0.6) is 0 Å². The third-order valence-electron chi connectivity index (χ3n) is 6.24. The molecule has 0 aliphatic carbocycles. The van der Waals surface area contributed by atoms with Gasteiger partial charge in [0.25, 0.3) is 0 Å². The summed E-state index contributed by atoms with van der Waals surface area (Å²) in [6.45, 7) is 5.12. The van der Waals surface area contributed by atoms with Crippen LogP contribution in [0.25, 0.3) is 11.3 Å². The molecule has 2 aromatic rings. The van der Waals surface area contributed by atoms with Crippen LogP contribution in [0, 0.1) is 11.7 Å². The van der Waals surface area contributed by atoms with Crippen molar-refractivity contribution in [1.82, 2.24) is 20.0 Å². The Kier molecular flexibility index (Phi) is 5.85. The number of amides is 1. The van der Waals surface area contributed by atoms with Gasteiger partial charge in [-0.1, -0.05) is 6.92 Å². The van der Waals surface area contributed by atoms with Crippen molar-refractivity contribution in [3.63, 3.8) is 0 Å². The zero-order valence-corrected chi connectivity index (χ0v) is 17.1. The highest BCUT2D eigenvalue weighted by Crippen LogP contribution is 2.42. The van der Waals surface area contributed by atoms with E-state index in [1.165, 1.54) is 17.8 Å². The van der Waals surface area contributed by atoms with E-state index in [4.69, 9.17) is 4.74 Å². The number of fused-ring (bicyclic) bond motifs is 3. The number of carbonyl (C=O) groups is 1. The second kappa shape index (κ2) is 8.53. The van der Waals surface area contributed by atoms with Gasteiger partial charge < -0.3 is 10.1 Å². The number of aromatic nitrogens is 2. The van der Waals surface area contributed by atoms with Gasteiger partial charge in [0.1, 0.15) is 12.4 Å². The maximum Gasteiger partial charge on any atom is 0.407 e. The van der Waals surface area contributed by atoms with Crippen molar-refractivity contribution in [1.29, 1.82) is 0 Å². The molecule has 29 heavy (non-hydrogen) atoms. The Labute approximate surface area is 171 Å². The summed E-state index contributed by atoms with van der Waals surface area (Å²) in [4.78, 5) is 14.2. The minimum Gasteiger partial charge on any atom is -0.448 e. The number of alkyl carbamates (subject to hydrolysis) is 1. The first-order valence-corrected chi connectivity index (χ1v) is 10.5. The van der Waals surface area contributed by atoms with Gasteiger partial charge in [-0.15, -0.1) is 0 Å². The normalized spacial score (nSPS) is 25.8. The summed E-state index contributed by atoms with van der Waals surface area (Å²) in [6.07, 6.45) is 2.77. The zero-order chi connectivity index (χ0) is 20.4. The Balaban J connectivity index is 1.42. The third-order valence-corrected chi connectivity index (χ3v) is 6.24. The van der Waals surface area contributed by atoms with Crippen LogP contribution in [0.4, 0.5) is 9.18 Å². The van der Waals surface area contributed by atoms with Crippen molar-refractivity contribution in [3.05, 3.63) is 41.8 Å². The number of halogens is 1. The van der Waals surface area contributed by atoms with Crippen molar-refractivity contribution < 1.29 is 13.9 Å². The first kappa shape index (κ1) is 19.9. The molecule has 1 amide bonds. The molecule has 4 atom stereocenters. The molecule has 3 saturated heterocycles. The first-order valence-electron chi connectivity index (χ1n) is 10.5. The molecular formula is C22H29FN4O2. The summed E-state index contributed by atoms with van der Waals surface area (Å²) in [5.74, 6) is 0.739. The summed E-state index contributed by atoms with van der Waals surface area (Å²) < 4.78 is 20.6. The topological polar surface area (TPSA) is 59.4 Å². The lowest BCUT2D eigenvalue weighted by Crippen LogP contribution is -2.54. The van der Waals surface area contributed by atoms with Crippen molar-refractivity contribution in [2.24, 2.45) is 13.0 Å². The Morgan fingerprint density at radius 1 is 1.34 bits per heavy atom. The highest BCUT2D eigenvalue weighted by Gasteiger charge is 2.42. The predicted molar refractivity (Wildman–Crippen MR) is 109 cm³/mol. The zero-order valence-electron chi connectivity index (χ0n) is 17.1. The molecule has 3 aliphatic rings. The Hall–Kier alpha value is -2.41. The van der Waals surface area contributed by atoms with Crippen LogP contribution < -0.4 is 5.32 Å². The molecule has 7 heteroatoms. The van der Waals surface area contributed by atoms with E-state index in [1.807, 2.05) is 18.7 Å². The first-order chi connectivity index (χ1) is 14.0. The second-order valence-electron chi connectivity index (χ2n) is 8.15. The average molecular weight is 400 g/mol. The summed E-state index contributed by atoms with van der Waals surface area (Å²) in [6, 6.07) is 8.92. The van der Waals surface area contributed by atoms with Gasteiger partial charge >= 0.3 is 6.09 Å². The molecule has 6 nitrogen and oxygen atoms in total. The Morgan fingerprint density at radius 3 is 2.83 bits per heavy atom. The maximum atomic E-state index is 13.2. The lowest BCUT2D eigenvalue weighted by atomic mass is 9.74. The predicted octanol–water partition coefficient (Wildman–Crippen LogP) is 3.54. The largest absolute Gasteiger partial charge is 0.448 e. The summed E-state index contributed by atoms with van der Waals surface area (Å²) in [7, 11) is 1.98. The van der Waals surface area contributed by atoms with Gasteiger partial charge in [0.15, 0.2) is 0 Å². The van der Waals surface area contributed by atoms with E-state index in [2.05, 4.69) is 21.4 Å². The molecule has 1 unspecified atom stereocenters. The monoisotopic (exact) mass is 400 g/mol. The molecule has 0 radical (unpaired) electrons. The van der Waals surface area contributed by atoms with Crippen LogP contribution in [0.15, 0.2) is 30.3 Å². The summed E-state index contributed by atoms with van der Waals surface area (Å²) in [5, 5.41) is 7.44. The molecule has 0 spiro atoms.